The number of hydrogen-bond acceptors (Lipinski definition) is 1. The average molecular weight is 225 g/mol. The molecule has 0 saturated carbocycles. The van der Waals surface area contributed by atoms with Crippen LogP contribution < -0.4 is 0 Å². The first-order chi connectivity index (χ1) is 8.27. The van der Waals surface area contributed by atoms with Gasteiger partial charge in [-0.3, -0.25) is 4.98 Å². The molecule has 2 aromatic rings. The Morgan fingerprint density at radius 3 is 2.76 bits per heavy atom. The minimum absolute atomic E-state index is 0.388. The first-order valence-electron chi connectivity index (χ1n) is 6.24. The predicted molar refractivity (Wildman–Crippen MR) is 74.1 cm³/mol. The van der Waals surface area contributed by atoms with Crippen LogP contribution in [0.5, 0.6) is 0 Å². The van der Waals surface area contributed by atoms with Gasteiger partial charge in [-0.25, -0.2) is 0 Å². The lowest BCUT2D eigenvalue weighted by atomic mass is 9.84. The van der Waals surface area contributed by atoms with Crippen LogP contribution in [0.25, 0.3) is 10.9 Å². The Kier molecular flexibility index (Phi) is 3.58. The molecule has 0 aliphatic heterocycles. The van der Waals surface area contributed by atoms with E-state index < -0.39 is 0 Å². The van der Waals surface area contributed by atoms with Crippen molar-refractivity contribution in [2.75, 3.05) is 0 Å². The van der Waals surface area contributed by atoms with E-state index in [4.69, 9.17) is 0 Å². The van der Waals surface area contributed by atoms with Crippen LogP contribution in [0.2, 0.25) is 0 Å². The number of nitrogens with zero attached hydrogens (tertiary/aromatic N) is 1. The first kappa shape index (κ1) is 11.8. The third kappa shape index (κ3) is 2.23. The molecule has 1 heterocycles. The van der Waals surface area contributed by atoms with Crippen molar-refractivity contribution in [3.8, 4) is 0 Å². The number of benzene rings is 1. The summed E-state index contributed by atoms with van der Waals surface area (Å²) in [4.78, 5) is 4.52. The van der Waals surface area contributed by atoms with Gasteiger partial charge in [0.25, 0.3) is 0 Å². The summed E-state index contributed by atoms with van der Waals surface area (Å²) in [5.41, 5.74) is 2.41. The molecule has 0 spiro atoms. The molecule has 0 saturated heterocycles. The molecule has 1 heteroatoms. The fraction of sp³-hybridized carbons (Fsp3) is 0.312. The summed E-state index contributed by atoms with van der Waals surface area (Å²) in [5.74, 6) is 0.985. The number of fused-ring (bicyclic) bond motifs is 1. The van der Waals surface area contributed by atoms with E-state index >= 15 is 0 Å². The Labute approximate surface area is 103 Å². The molecule has 1 nitrogen and oxygen atoms in total. The zero-order valence-electron chi connectivity index (χ0n) is 10.6. The second-order valence-corrected chi connectivity index (χ2v) is 4.57. The Morgan fingerprint density at radius 1 is 1.29 bits per heavy atom. The van der Waals surface area contributed by atoms with Crippen molar-refractivity contribution in [3.05, 3.63) is 54.7 Å². The van der Waals surface area contributed by atoms with E-state index in [1.165, 1.54) is 10.9 Å². The third-order valence-electron chi connectivity index (χ3n) is 3.53. The lowest BCUT2D eigenvalue weighted by Crippen LogP contribution is -2.07. The standard InChI is InChI=1S/C16H19N/c1-4-12(3)14(5-2)15-10-6-8-13-9-7-11-17-16(13)15/h5-12,14H,2,4H2,1,3H3. The molecular formula is C16H19N. The van der Waals surface area contributed by atoms with Gasteiger partial charge in [-0.2, -0.15) is 0 Å². The van der Waals surface area contributed by atoms with Crippen molar-refractivity contribution >= 4 is 10.9 Å². The van der Waals surface area contributed by atoms with Crippen LogP contribution in [0.3, 0.4) is 0 Å². The maximum atomic E-state index is 4.52. The van der Waals surface area contributed by atoms with Crippen LogP contribution in [-0.2, 0) is 0 Å². The molecule has 2 rings (SSSR count). The Morgan fingerprint density at radius 2 is 2.06 bits per heavy atom. The molecular weight excluding hydrogens is 206 g/mol. The van der Waals surface area contributed by atoms with E-state index in [-0.39, 0.29) is 0 Å². The summed E-state index contributed by atoms with van der Waals surface area (Å²) < 4.78 is 0. The predicted octanol–water partition coefficient (Wildman–Crippen LogP) is 4.55. The molecule has 0 bridgehead atoms. The Bertz CT molecular complexity index is 510. The maximum absolute atomic E-state index is 4.52. The number of allylic oxidation sites excluding steroid dienone is 1. The number of para-hydroxylation sites is 1. The lowest BCUT2D eigenvalue weighted by molar-refractivity contribution is 0.509. The van der Waals surface area contributed by atoms with Crippen molar-refractivity contribution < 1.29 is 0 Å². The highest BCUT2D eigenvalue weighted by molar-refractivity contribution is 5.82. The molecule has 0 aliphatic rings. The Hall–Kier alpha value is -1.63. The highest BCUT2D eigenvalue weighted by Crippen LogP contribution is 2.31. The van der Waals surface area contributed by atoms with Gasteiger partial charge >= 0.3 is 0 Å². The van der Waals surface area contributed by atoms with Crippen LogP contribution in [0.1, 0.15) is 31.7 Å². The summed E-state index contributed by atoms with van der Waals surface area (Å²) >= 11 is 0. The van der Waals surface area contributed by atoms with Crippen molar-refractivity contribution in [2.24, 2.45) is 5.92 Å². The van der Waals surface area contributed by atoms with Gasteiger partial charge in [-0.1, -0.05) is 50.6 Å². The monoisotopic (exact) mass is 225 g/mol. The number of rotatable bonds is 4. The molecule has 2 atom stereocenters. The summed E-state index contributed by atoms with van der Waals surface area (Å²) in [5, 5.41) is 1.21. The number of pyridine rings is 1. The van der Waals surface area contributed by atoms with Crippen LogP contribution in [0.15, 0.2) is 49.2 Å². The average Bonchev–Trinajstić information content (AvgIpc) is 2.39. The zero-order chi connectivity index (χ0) is 12.3. The summed E-state index contributed by atoms with van der Waals surface area (Å²) in [6.07, 6.45) is 5.07. The summed E-state index contributed by atoms with van der Waals surface area (Å²) in [6.45, 7) is 8.48. The normalized spacial score (nSPS) is 14.5. The molecule has 0 aliphatic carbocycles. The molecule has 1 aromatic carbocycles. The molecule has 0 radical (unpaired) electrons. The molecule has 88 valence electrons. The van der Waals surface area contributed by atoms with E-state index in [0.29, 0.717) is 11.8 Å². The highest BCUT2D eigenvalue weighted by Gasteiger charge is 2.17. The van der Waals surface area contributed by atoms with Gasteiger partial charge in [0, 0.05) is 17.5 Å². The second kappa shape index (κ2) is 5.13. The number of hydrogen-bond donors (Lipinski definition) is 0. The van der Waals surface area contributed by atoms with Crippen molar-refractivity contribution in [1.82, 2.24) is 4.98 Å². The van der Waals surface area contributed by atoms with Crippen molar-refractivity contribution in [1.29, 1.82) is 0 Å². The van der Waals surface area contributed by atoms with E-state index in [0.717, 1.165) is 11.9 Å². The summed E-state index contributed by atoms with van der Waals surface area (Å²) in [6, 6.07) is 10.5. The highest BCUT2D eigenvalue weighted by atomic mass is 14.7. The lowest BCUT2D eigenvalue weighted by Gasteiger charge is -2.20. The maximum Gasteiger partial charge on any atom is 0.0739 e. The molecule has 0 N–H and O–H groups in total. The van der Waals surface area contributed by atoms with Crippen molar-refractivity contribution in [2.45, 2.75) is 26.2 Å². The van der Waals surface area contributed by atoms with Gasteiger partial charge in [0.15, 0.2) is 0 Å². The van der Waals surface area contributed by atoms with Crippen LogP contribution >= 0.6 is 0 Å². The SMILES string of the molecule is C=CC(c1cccc2cccnc12)C(C)CC. The van der Waals surface area contributed by atoms with Crippen LogP contribution in [0, 0.1) is 5.92 Å². The summed E-state index contributed by atoms with van der Waals surface area (Å²) in [7, 11) is 0. The largest absolute Gasteiger partial charge is 0.256 e. The molecule has 0 fully saturated rings. The van der Waals surface area contributed by atoms with Gasteiger partial charge in [-0.15, -0.1) is 6.58 Å². The van der Waals surface area contributed by atoms with Gasteiger partial charge < -0.3 is 0 Å². The molecule has 17 heavy (non-hydrogen) atoms. The van der Waals surface area contributed by atoms with Gasteiger partial charge in [0.1, 0.15) is 0 Å². The van der Waals surface area contributed by atoms with Gasteiger partial charge in [-0.05, 0) is 17.5 Å². The van der Waals surface area contributed by atoms with E-state index in [1.807, 2.05) is 12.3 Å². The van der Waals surface area contributed by atoms with E-state index in [9.17, 15) is 0 Å². The Balaban J connectivity index is 2.57. The van der Waals surface area contributed by atoms with E-state index in [1.54, 1.807) is 0 Å². The van der Waals surface area contributed by atoms with E-state index in [2.05, 4.69) is 55.8 Å². The van der Waals surface area contributed by atoms with Crippen molar-refractivity contribution in [3.63, 3.8) is 0 Å². The molecule has 2 unspecified atom stereocenters. The first-order valence-corrected chi connectivity index (χ1v) is 6.24. The third-order valence-corrected chi connectivity index (χ3v) is 3.53. The van der Waals surface area contributed by atoms with Gasteiger partial charge in [0.05, 0.1) is 5.52 Å². The second-order valence-electron chi connectivity index (χ2n) is 4.57. The number of aromatic nitrogens is 1. The fourth-order valence-electron chi connectivity index (χ4n) is 2.32. The smallest absolute Gasteiger partial charge is 0.0739 e. The molecule has 1 aromatic heterocycles. The minimum Gasteiger partial charge on any atom is -0.256 e. The minimum atomic E-state index is 0.388. The zero-order valence-corrected chi connectivity index (χ0v) is 10.6. The van der Waals surface area contributed by atoms with Crippen LogP contribution in [-0.4, -0.2) is 4.98 Å². The topological polar surface area (TPSA) is 12.9 Å². The van der Waals surface area contributed by atoms with Crippen LogP contribution in [0.4, 0.5) is 0 Å². The van der Waals surface area contributed by atoms with Gasteiger partial charge in [0.2, 0.25) is 0 Å². The quantitative estimate of drug-likeness (QED) is 0.695. The fourth-order valence-corrected chi connectivity index (χ4v) is 2.32. The molecule has 0 amide bonds.